The van der Waals surface area contributed by atoms with Crippen molar-refractivity contribution in [2.75, 3.05) is 26.9 Å². The van der Waals surface area contributed by atoms with Crippen molar-refractivity contribution in [3.63, 3.8) is 0 Å². The quantitative estimate of drug-likeness (QED) is 0.728. The summed E-state index contributed by atoms with van der Waals surface area (Å²) in [5, 5.41) is 2.70. The Labute approximate surface area is 94.8 Å². The molecule has 1 aromatic rings. The van der Waals surface area contributed by atoms with Gasteiger partial charge in [0, 0.05) is 19.9 Å². The number of aromatic nitrogens is 1. The van der Waals surface area contributed by atoms with E-state index in [-0.39, 0.29) is 5.91 Å². The van der Waals surface area contributed by atoms with Gasteiger partial charge in [-0.3, -0.25) is 4.79 Å². The fourth-order valence-corrected chi connectivity index (χ4v) is 1.16. The topological polar surface area (TPSA) is 60.5 Å². The van der Waals surface area contributed by atoms with Crippen LogP contribution in [0, 0.1) is 0 Å². The molecule has 0 aliphatic heterocycles. The molecule has 1 heterocycles. The SMILES string of the molecule is CCNC(=O)c1cccnc1OCCOC. The zero-order chi connectivity index (χ0) is 11.8. The molecule has 0 aliphatic carbocycles. The fraction of sp³-hybridized carbons (Fsp3) is 0.455. The van der Waals surface area contributed by atoms with Gasteiger partial charge in [-0.1, -0.05) is 0 Å². The number of methoxy groups -OCH3 is 1. The first-order valence-electron chi connectivity index (χ1n) is 5.14. The van der Waals surface area contributed by atoms with Crippen molar-refractivity contribution < 1.29 is 14.3 Å². The van der Waals surface area contributed by atoms with E-state index < -0.39 is 0 Å². The first-order valence-corrected chi connectivity index (χ1v) is 5.14. The molecule has 0 saturated heterocycles. The van der Waals surface area contributed by atoms with Crippen LogP contribution in [0.25, 0.3) is 0 Å². The molecule has 0 atom stereocenters. The van der Waals surface area contributed by atoms with E-state index in [0.29, 0.717) is 31.2 Å². The second-order valence-electron chi connectivity index (χ2n) is 3.06. The summed E-state index contributed by atoms with van der Waals surface area (Å²) in [5.74, 6) is 0.161. The van der Waals surface area contributed by atoms with Crippen LogP contribution in [0.3, 0.4) is 0 Å². The minimum absolute atomic E-state index is 0.178. The zero-order valence-electron chi connectivity index (χ0n) is 9.53. The average Bonchev–Trinajstić information content (AvgIpc) is 2.30. The minimum Gasteiger partial charge on any atom is -0.475 e. The molecule has 88 valence electrons. The lowest BCUT2D eigenvalue weighted by Crippen LogP contribution is -2.24. The Morgan fingerprint density at radius 1 is 1.50 bits per heavy atom. The van der Waals surface area contributed by atoms with Crippen molar-refractivity contribution in [1.82, 2.24) is 10.3 Å². The van der Waals surface area contributed by atoms with Gasteiger partial charge in [0.05, 0.1) is 6.61 Å². The van der Waals surface area contributed by atoms with E-state index in [9.17, 15) is 4.79 Å². The van der Waals surface area contributed by atoms with Crippen molar-refractivity contribution >= 4 is 5.91 Å². The lowest BCUT2D eigenvalue weighted by Gasteiger charge is -2.09. The first kappa shape index (κ1) is 12.4. The number of ether oxygens (including phenoxy) is 2. The molecule has 0 radical (unpaired) electrons. The third-order valence-corrected chi connectivity index (χ3v) is 1.88. The van der Waals surface area contributed by atoms with Crippen LogP contribution in [0.2, 0.25) is 0 Å². The van der Waals surface area contributed by atoms with Crippen LogP contribution in [-0.4, -0.2) is 37.8 Å². The third-order valence-electron chi connectivity index (χ3n) is 1.88. The van der Waals surface area contributed by atoms with E-state index in [4.69, 9.17) is 9.47 Å². The molecule has 1 N–H and O–H groups in total. The highest BCUT2D eigenvalue weighted by Gasteiger charge is 2.11. The molecule has 0 aromatic carbocycles. The molecule has 0 unspecified atom stereocenters. The fourth-order valence-electron chi connectivity index (χ4n) is 1.16. The number of nitrogens with zero attached hydrogens (tertiary/aromatic N) is 1. The highest BCUT2D eigenvalue weighted by Crippen LogP contribution is 2.13. The predicted octanol–water partition coefficient (Wildman–Crippen LogP) is 0.857. The van der Waals surface area contributed by atoms with Crippen molar-refractivity contribution in [1.29, 1.82) is 0 Å². The van der Waals surface area contributed by atoms with Crippen LogP contribution < -0.4 is 10.1 Å². The number of carbonyl (C=O) groups is 1. The van der Waals surface area contributed by atoms with Crippen LogP contribution >= 0.6 is 0 Å². The van der Waals surface area contributed by atoms with Gasteiger partial charge in [-0.25, -0.2) is 4.98 Å². The number of rotatable bonds is 6. The molecule has 1 rings (SSSR count). The molecular formula is C11H16N2O3. The maximum absolute atomic E-state index is 11.6. The molecule has 0 saturated carbocycles. The van der Waals surface area contributed by atoms with Crippen molar-refractivity contribution in [3.8, 4) is 5.88 Å². The van der Waals surface area contributed by atoms with E-state index in [0.717, 1.165) is 0 Å². The number of carbonyl (C=O) groups excluding carboxylic acids is 1. The molecule has 0 spiro atoms. The van der Waals surface area contributed by atoms with E-state index in [2.05, 4.69) is 10.3 Å². The molecule has 16 heavy (non-hydrogen) atoms. The number of hydrogen-bond donors (Lipinski definition) is 1. The Morgan fingerprint density at radius 2 is 2.31 bits per heavy atom. The Kier molecular flexibility index (Phi) is 5.28. The Morgan fingerprint density at radius 3 is 3.00 bits per heavy atom. The molecule has 0 bridgehead atoms. The summed E-state index contributed by atoms with van der Waals surface area (Å²) in [6, 6.07) is 3.38. The highest BCUT2D eigenvalue weighted by molar-refractivity contribution is 5.96. The summed E-state index contributed by atoms with van der Waals surface area (Å²) in [4.78, 5) is 15.7. The van der Waals surface area contributed by atoms with Crippen molar-refractivity contribution in [2.45, 2.75) is 6.92 Å². The van der Waals surface area contributed by atoms with E-state index >= 15 is 0 Å². The summed E-state index contributed by atoms with van der Waals surface area (Å²) in [7, 11) is 1.59. The smallest absolute Gasteiger partial charge is 0.256 e. The van der Waals surface area contributed by atoms with Gasteiger partial charge in [0.25, 0.3) is 5.91 Å². The summed E-state index contributed by atoms with van der Waals surface area (Å²) in [6.45, 7) is 3.27. The summed E-state index contributed by atoms with van der Waals surface area (Å²) >= 11 is 0. The molecule has 5 heteroatoms. The maximum atomic E-state index is 11.6. The number of amides is 1. The lowest BCUT2D eigenvalue weighted by molar-refractivity contribution is 0.0946. The predicted molar refractivity (Wildman–Crippen MR) is 59.6 cm³/mol. The zero-order valence-corrected chi connectivity index (χ0v) is 9.53. The van der Waals surface area contributed by atoms with Gasteiger partial charge in [0.1, 0.15) is 12.2 Å². The summed E-state index contributed by atoms with van der Waals surface area (Å²) in [6.07, 6.45) is 1.59. The van der Waals surface area contributed by atoms with Gasteiger partial charge in [0.2, 0.25) is 5.88 Å². The number of pyridine rings is 1. The molecule has 0 aliphatic rings. The maximum Gasteiger partial charge on any atom is 0.256 e. The molecule has 5 nitrogen and oxygen atoms in total. The standard InChI is InChI=1S/C11H16N2O3/c1-3-12-10(14)9-5-4-6-13-11(9)16-8-7-15-2/h4-6H,3,7-8H2,1-2H3,(H,12,14). The van der Waals surface area contributed by atoms with Gasteiger partial charge in [-0.15, -0.1) is 0 Å². The molecular weight excluding hydrogens is 208 g/mol. The largest absolute Gasteiger partial charge is 0.475 e. The van der Waals surface area contributed by atoms with Crippen LogP contribution in [0.1, 0.15) is 17.3 Å². The minimum atomic E-state index is -0.178. The Balaban J connectivity index is 2.71. The summed E-state index contributed by atoms with van der Waals surface area (Å²) < 4.78 is 10.2. The van der Waals surface area contributed by atoms with Gasteiger partial charge in [-0.05, 0) is 19.1 Å². The second-order valence-corrected chi connectivity index (χ2v) is 3.06. The normalized spacial score (nSPS) is 9.88. The first-order chi connectivity index (χ1) is 7.79. The number of hydrogen-bond acceptors (Lipinski definition) is 4. The van der Waals surface area contributed by atoms with Crippen LogP contribution in [0.4, 0.5) is 0 Å². The second kappa shape index (κ2) is 6.79. The van der Waals surface area contributed by atoms with Gasteiger partial charge in [0.15, 0.2) is 0 Å². The highest BCUT2D eigenvalue weighted by atomic mass is 16.5. The van der Waals surface area contributed by atoms with Gasteiger partial charge < -0.3 is 14.8 Å². The lowest BCUT2D eigenvalue weighted by atomic mass is 10.2. The van der Waals surface area contributed by atoms with Crippen molar-refractivity contribution in [3.05, 3.63) is 23.9 Å². The Hall–Kier alpha value is -1.62. The third kappa shape index (κ3) is 3.51. The number of nitrogens with one attached hydrogen (secondary N) is 1. The van der Waals surface area contributed by atoms with E-state index in [1.54, 1.807) is 25.4 Å². The van der Waals surface area contributed by atoms with Gasteiger partial charge in [-0.2, -0.15) is 0 Å². The molecule has 1 amide bonds. The summed E-state index contributed by atoms with van der Waals surface area (Å²) in [5.41, 5.74) is 0.445. The van der Waals surface area contributed by atoms with Crippen LogP contribution in [0.5, 0.6) is 5.88 Å². The molecule has 0 fully saturated rings. The monoisotopic (exact) mass is 224 g/mol. The van der Waals surface area contributed by atoms with Gasteiger partial charge >= 0.3 is 0 Å². The van der Waals surface area contributed by atoms with E-state index in [1.165, 1.54) is 0 Å². The van der Waals surface area contributed by atoms with Crippen molar-refractivity contribution in [2.24, 2.45) is 0 Å². The molecule has 1 aromatic heterocycles. The Bertz CT molecular complexity index is 342. The van der Waals surface area contributed by atoms with Crippen LogP contribution in [-0.2, 0) is 4.74 Å². The van der Waals surface area contributed by atoms with E-state index in [1.807, 2.05) is 6.92 Å². The average molecular weight is 224 g/mol. The van der Waals surface area contributed by atoms with Crippen LogP contribution in [0.15, 0.2) is 18.3 Å².